The van der Waals surface area contributed by atoms with Crippen molar-refractivity contribution >= 4 is 46.3 Å². The van der Waals surface area contributed by atoms with Crippen molar-refractivity contribution in [3.63, 3.8) is 0 Å². The van der Waals surface area contributed by atoms with Gasteiger partial charge in [0.05, 0.1) is 11.3 Å². The SMILES string of the molecule is O=C(c1ccccc1SC(F)F)N1CCN(c2ncnc3c2nnn3-c2ccc(Cl)cc2)CC1. The van der Waals surface area contributed by atoms with E-state index in [1.807, 2.05) is 17.0 Å². The molecule has 0 N–H and O–H groups in total. The Morgan fingerprint density at radius 1 is 1.00 bits per heavy atom. The van der Waals surface area contributed by atoms with Gasteiger partial charge in [-0.3, -0.25) is 4.79 Å². The second kappa shape index (κ2) is 9.51. The van der Waals surface area contributed by atoms with Gasteiger partial charge in [-0.05, 0) is 36.4 Å². The molecule has 0 radical (unpaired) electrons. The molecule has 174 valence electrons. The molecule has 2 aromatic heterocycles. The van der Waals surface area contributed by atoms with Crippen LogP contribution in [-0.4, -0.2) is 67.7 Å². The molecule has 0 aliphatic carbocycles. The Hall–Kier alpha value is -3.31. The van der Waals surface area contributed by atoms with Crippen molar-refractivity contribution in [2.24, 2.45) is 0 Å². The van der Waals surface area contributed by atoms with Crippen molar-refractivity contribution in [2.45, 2.75) is 10.7 Å². The fraction of sp³-hybridized carbons (Fsp3) is 0.227. The van der Waals surface area contributed by atoms with Crippen LogP contribution < -0.4 is 4.90 Å². The zero-order valence-corrected chi connectivity index (χ0v) is 19.3. The maximum Gasteiger partial charge on any atom is 0.288 e. The van der Waals surface area contributed by atoms with Gasteiger partial charge in [0.15, 0.2) is 17.0 Å². The largest absolute Gasteiger partial charge is 0.351 e. The lowest BCUT2D eigenvalue weighted by Gasteiger charge is -2.35. The Morgan fingerprint density at radius 3 is 2.47 bits per heavy atom. The molecule has 0 spiro atoms. The highest BCUT2D eigenvalue weighted by molar-refractivity contribution is 7.99. The van der Waals surface area contributed by atoms with E-state index in [-0.39, 0.29) is 16.4 Å². The number of aromatic nitrogens is 5. The van der Waals surface area contributed by atoms with Crippen LogP contribution in [0.4, 0.5) is 14.6 Å². The van der Waals surface area contributed by atoms with Gasteiger partial charge in [-0.25, -0.2) is 9.97 Å². The molecule has 0 saturated carbocycles. The summed E-state index contributed by atoms with van der Waals surface area (Å²) >= 11 is 6.37. The lowest BCUT2D eigenvalue weighted by molar-refractivity contribution is 0.0743. The molecule has 2 aromatic carbocycles. The van der Waals surface area contributed by atoms with Crippen LogP contribution in [0.25, 0.3) is 16.9 Å². The number of benzene rings is 2. The third kappa shape index (κ3) is 4.40. The summed E-state index contributed by atoms with van der Waals surface area (Å²) in [6, 6.07) is 13.6. The molecule has 0 bridgehead atoms. The number of alkyl halides is 2. The average Bonchev–Trinajstić information content (AvgIpc) is 3.29. The van der Waals surface area contributed by atoms with Crippen LogP contribution in [-0.2, 0) is 0 Å². The van der Waals surface area contributed by atoms with E-state index in [9.17, 15) is 13.6 Å². The molecule has 0 unspecified atom stereocenters. The molecule has 1 aliphatic rings. The zero-order chi connectivity index (χ0) is 23.7. The summed E-state index contributed by atoms with van der Waals surface area (Å²) in [5, 5.41) is 9.14. The quantitative estimate of drug-likeness (QED) is 0.380. The number of rotatable bonds is 5. The van der Waals surface area contributed by atoms with Crippen molar-refractivity contribution in [1.82, 2.24) is 29.9 Å². The molecule has 3 heterocycles. The van der Waals surface area contributed by atoms with E-state index in [1.54, 1.807) is 46.0 Å². The Balaban J connectivity index is 1.34. The first kappa shape index (κ1) is 22.5. The molecule has 4 aromatic rings. The monoisotopic (exact) mass is 501 g/mol. The van der Waals surface area contributed by atoms with Crippen molar-refractivity contribution in [1.29, 1.82) is 0 Å². The van der Waals surface area contributed by atoms with Crippen LogP contribution >= 0.6 is 23.4 Å². The number of halogens is 3. The lowest BCUT2D eigenvalue weighted by atomic mass is 10.2. The minimum Gasteiger partial charge on any atom is -0.351 e. The number of carbonyl (C=O) groups excluding carboxylic acids is 1. The Bertz CT molecular complexity index is 1330. The first-order chi connectivity index (χ1) is 16.5. The smallest absolute Gasteiger partial charge is 0.288 e. The molecule has 8 nitrogen and oxygen atoms in total. The van der Waals surface area contributed by atoms with Crippen LogP contribution in [0.2, 0.25) is 5.02 Å². The molecule has 1 amide bonds. The summed E-state index contributed by atoms with van der Waals surface area (Å²) < 4.78 is 27.4. The maximum atomic E-state index is 13.0. The van der Waals surface area contributed by atoms with Crippen LogP contribution in [0.1, 0.15) is 10.4 Å². The standard InChI is InChI=1S/C22H18ClF2N7OS/c23-14-5-7-15(8-6-14)32-20-18(28-29-32)19(26-13-27-20)30-9-11-31(12-10-30)21(33)16-3-1-2-4-17(16)34-22(24)25/h1-8,13,22H,9-12H2. The summed E-state index contributed by atoms with van der Waals surface area (Å²) in [6.45, 7) is 1.86. The van der Waals surface area contributed by atoms with E-state index < -0.39 is 5.76 Å². The number of carbonyl (C=O) groups is 1. The fourth-order valence-electron chi connectivity index (χ4n) is 3.86. The summed E-state index contributed by atoms with van der Waals surface area (Å²) in [5.41, 5.74) is 2.17. The number of amides is 1. The fourth-order valence-corrected chi connectivity index (χ4v) is 4.62. The van der Waals surface area contributed by atoms with Crippen molar-refractivity contribution in [3.05, 3.63) is 65.4 Å². The molecule has 12 heteroatoms. The van der Waals surface area contributed by atoms with Gasteiger partial charge in [-0.1, -0.05) is 40.7 Å². The van der Waals surface area contributed by atoms with E-state index in [4.69, 9.17) is 11.6 Å². The summed E-state index contributed by atoms with van der Waals surface area (Å²) in [6.07, 6.45) is 1.46. The lowest BCUT2D eigenvalue weighted by Crippen LogP contribution is -2.49. The second-order valence-electron chi connectivity index (χ2n) is 7.50. The van der Waals surface area contributed by atoms with Crippen molar-refractivity contribution in [2.75, 3.05) is 31.1 Å². The molecule has 0 atom stereocenters. The van der Waals surface area contributed by atoms with Gasteiger partial charge in [0.25, 0.3) is 11.7 Å². The van der Waals surface area contributed by atoms with E-state index in [0.717, 1.165) is 5.69 Å². The van der Waals surface area contributed by atoms with Crippen LogP contribution in [0.15, 0.2) is 59.8 Å². The zero-order valence-electron chi connectivity index (χ0n) is 17.7. The molecule has 34 heavy (non-hydrogen) atoms. The van der Waals surface area contributed by atoms with Gasteiger partial charge >= 0.3 is 0 Å². The predicted molar refractivity (Wildman–Crippen MR) is 126 cm³/mol. The number of anilines is 1. The van der Waals surface area contributed by atoms with Gasteiger partial charge in [-0.2, -0.15) is 13.5 Å². The van der Waals surface area contributed by atoms with Crippen molar-refractivity contribution < 1.29 is 13.6 Å². The number of hydrogen-bond acceptors (Lipinski definition) is 7. The Morgan fingerprint density at radius 2 is 1.74 bits per heavy atom. The molecular weight excluding hydrogens is 484 g/mol. The topological polar surface area (TPSA) is 80.0 Å². The van der Waals surface area contributed by atoms with Gasteiger partial charge in [0, 0.05) is 36.1 Å². The predicted octanol–water partition coefficient (Wildman–Crippen LogP) is 4.14. The van der Waals surface area contributed by atoms with E-state index in [1.165, 1.54) is 6.33 Å². The minimum atomic E-state index is -2.59. The summed E-state index contributed by atoms with van der Waals surface area (Å²) in [7, 11) is 0. The molecular formula is C22H18ClF2N7OS. The maximum absolute atomic E-state index is 13.0. The van der Waals surface area contributed by atoms with E-state index in [2.05, 4.69) is 20.3 Å². The van der Waals surface area contributed by atoms with E-state index in [0.29, 0.717) is 59.9 Å². The Kier molecular flexibility index (Phi) is 6.29. The number of thioether (sulfide) groups is 1. The van der Waals surface area contributed by atoms with Gasteiger partial charge in [0.2, 0.25) is 0 Å². The number of hydrogen-bond donors (Lipinski definition) is 0. The molecule has 1 fully saturated rings. The average molecular weight is 502 g/mol. The first-order valence-electron chi connectivity index (χ1n) is 10.4. The van der Waals surface area contributed by atoms with Crippen LogP contribution in [0, 0.1) is 0 Å². The number of fused-ring (bicyclic) bond motifs is 1. The normalized spacial score (nSPS) is 14.2. The summed E-state index contributed by atoms with van der Waals surface area (Å²) in [5.74, 6) is -2.22. The van der Waals surface area contributed by atoms with E-state index >= 15 is 0 Å². The molecule has 1 saturated heterocycles. The first-order valence-corrected chi connectivity index (χ1v) is 11.7. The highest BCUT2D eigenvalue weighted by Gasteiger charge is 2.27. The third-order valence-corrected chi connectivity index (χ3v) is 6.53. The highest BCUT2D eigenvalue weighted by Crippen LogP contribution is 2.30. The second-order valence-corrected chi connectivity index (χ2v) is 8.97. The number of piperazine rings is 1. The van der Waals surface area contributed by atoms with Crippen LogP contribution in [0.5, 0.6) is 0 Å². The van der Waals surface area contributed by atoms with Gasteiger partial charge < -0.3 is 9.80 Å². The molecule has 1 aliphatic heterocycles. The third-order valence-electron chi connectivity index (χ3n) is 5.49. The minimum absolute atomic E-state index is 0.259. The van der Waals surface area contributed by atoms with Crippen LogP contribution in [0.3, 0.4) is 0 Å². The van der Waals surface area contributed by atoms with Gasteiger partial charge in [0.1, 0.15) is 6.33 Å². The van der Waals surface area contributed by atoms with Gasteiger partial charge in [-0.15, -0.1) is 5.10 Å². The Labute approximate surface area is 202 Å². The molecule has 5 rings (SSSR count). The summed E-state index contributed by atoms with van der Waals surface area (Å²) in [4.78, 5) is 25.8. The number of nitrogens with zero attached hydrogens (tertiary/aromatic N) is 7. The van der Waals surface area contributed by atoms with Crippen molar-refractivity contribution in [3.8, 4) is 5.69 Å². The highest BCUT2D eigenvalue weighted by atomic mass is 35.5.